The SMILES string of the molecule is Cc1nn(C)c(CNC(=O)NC(C)(C)C(=O)O)c1Br. The van der Waals surface area contributed by atoms with E-state index in [1.165, 1.54) is 13.8 Å². The molecule has 1 aromatic heterocycles. The van der Waals surface area contributed by atoms with Gasteiger partial charge >= 0.3 is 12.0 Å². The number of hydrogen-bond acceptors (Lipinski definition) is 3. The zero-order chi connectivity index (χ0) is 14.8. The Kier molecular flexibility index (Phi) is 4.56. The molecule has 1 rings (SSSR count). The Hall–Kier alpha value is -1.57. The van der Waals surface area contributed by atoms with Crippen molar-refractivity contribution in [2.75, 3.05) is 0 Å². The quantitative estimate of drug-likeness (QED) is 0.770. The summed E-state index contributed by atoms with van der Waals surface area (Å²) in [7, 11) is 1.77. The zero-order valence-electron chi connectivity index (χ0n) is 11.2. The van der Waals surface area contributed by atoms with Gasteiger partial charge in [0.25, 0.3) is 0 Å². The third kappa shape index (κ3) is 3.69. The van der Waals surface area contributed by atoms with E-state index < -0.39 is 17.5 Å². The van der Waals surface area contributed by atoms with Crippen molar-refractivity contribution in [2.45, 2.75) is 32.9 Å². The molecule has 19 heavy (non-hydrogen) atoms. The van der Waals surface area contributed by atoms with Crippen LogP contribution in [0.2, 0.25) is 0 Å². The van der Waals surface area contributed by atoms with Crippen LogP contribution in [-0.2, 0) is 18.4 Å². The summed E-state index contributed by atoms with van der Waals surface area (Å²) in [4.78, 5) is 22.5. The van der Waals surface area contributed by atoms with E-state index in [9.17, 15) is 9.59 Å². The summed E-state index contributed by atoms with van der Waals surface area (Å²) < 4.78 is 2.48. The number of aliphatic carboxylic acids is 1. The van der Waals surface area contributed by atoms with Gasteiger partial charge in [-0.3, -0.25) is 4.68 Å². The second-order valence-corrected chi connectivity index (χ2v) is 5.50. The van der Waals surface area contributed by atoms with E-state index in [1.54, 1.807) is 11.7 Å². The van der Waals surface area contributed by atoms with Gasteiger partial charge in [0.2, 0.25) is 0 Å². The summed E-state index contributed by atoms with van der Waals surface area (Å²) in [5, 5.41) is 18.1. The number of carboxylic acids is 1. The maximum atomic E-state index is 11.6. The van der Waals surface area contributed by atoms with Gasteiger partial charge in [-0.05, 0) is 36.7 Å². The van der Waals surface area contributed by atoms with Crippen molar-refractivity contribution >= 4 is 27.9 Å². The van der Waals surface area contributed by atoms with E-state index in [2.05, 4.69) is 31.7 Å². The van der Waals surface area contributed by atoms with Gasteiger partial charge in [0, 0.05) is 7.05 Å². The minimum Gasteiger partial charge on any atom is -0.480 e. The van der Waals surface area contributed by atoms with Gasteiger partial charge in [-0.2, -0.15) is 5.10 Å². The lowest BCUT2D eigenvalue weighted by Crippen LogP contribution is -2.53. The maximum absolute atomic E-state index is 11.6. The highest BCUT2D eigenvalue weighted by Gasteiger charge is 2.28. The minimum atomic E-state index is -1.32. The van der Waals surface area contributed by atoms with E-state index in [1.807, 2.05) is 6.92 Å². The molecule has 0 aliphatic heterocycles. The topological polar surface area (TPSA) is 96.3 Å². The molecule has 0 spiro atoms. The standard InChI is InChI=1S/C11H17BrN4O3/c1-6-8(12)7(16(4)15-6)5-13-10(19)14-11(2,3)9(17)18/h5H2,1-4H3,(H,17,18)(H2,13,14,19). The summed E-state index contributed by atoms with van der Waals surface area (Å²) in [6.07, 6.45) is 0. The number of carbonyl (C=O) groups is 2. The Bertz CT molecular complexity index is 510. The van der Waals surface area contributed by atoms with Crippen LogP contribution in [0.5, 0.6) is 0 Å². The fourth-order valence-electron chi connectivity index (χ4n) is 1.42. The lowest BCUT2D eigenvalue weighted by atomic mass is 10.1. The highest BCUT2D eigenvalue weighted by molar-refractivity contribution is 9.10. The average Bonchev–Trinajstić information content (AvgIpc) is 2.50. The Morgan fingerprint density at radius 2 is 2.05 bits per heavy atom. The fourth-order valence-corrected chi connectivity index (χ4v) is 1.89. The predicted octanol–water partition coefficient (Wildman–Crippen LogP) is 1.15. The number of amides is 2. The lowest BCUT2D eigenvalue weighted by Gasteiger charge is -2.21. The number of rotatable bonds is 4. The van der Waals surface area contributed by atoms with Crippen LogP contribution < -0.4 is 10.6 Å². The van der Waals surface area contributed by atoms with Crippen molar-refractivity contribution in [3.05, 3.63) is 15.9 Å². The van der Waals surface area contributed by atoms with E-state index in [4.69, 9.17) is 5.11 Å². The van der Waals surface area contributed by atoms with Gasteiger partial charge in [-0.15, -0.1) is 0 Å². The fraction of sp³-hybridized carbons (Fsp3) is 0.545. The number of carbonyl (C=O) groups excluding carboxylic acids is 1. The molecule has 106 valence electrons. The van der Waals surface area contributed by atoms with E-state index in [-0.39, 0.29) is 6.54 Å². The molecule has 0 unspecified atom stereocenters. The molecule has 0 bridgehead atoms. The molecule has 0 saturated carbocycles. The molecule has 0 aromatic carbocycles. The number of aromatic nitrogens is 2. The largest absolute Gasteiger partial charge is 0.480 e. The van der Waals surface area contributed by atoms with E-state index >= 15 is 0 Å². The lowest BCUT2D eigenvalue weighted by molar-refractivity contribution is -0.142. The molecule has 2 amide bonds. The van der Waals surface area contributed by atoms with Crippen LogP contribution in [0.1, 0.15) is 25.2 Å². The van der Waals surface area contributed by atoms with E-state index in [0.717, 1.165) is 15.9 Å². The van der Waals surface area contributed by atoms with Gasteiger partial charge in [0.05, 0.1) is 22.4 Å². The molecule has 0 saturated heterocycles. The molecular weight excluding hydrogens is 316 g/mol. The monoisotopic (exact) mass is 332 g/mol. The number of halogens is 1. The van der Waals surface area contributed by atoms with Crippen LogP contribution in [0, 0.1) is 6.92 Å². The number of aryl methyl sites for hydroxylation is 2. The van der Waals surface area contributed by atoms with Gasteiger partial charge in [0.1, 0.15) is 5.54 Å². The Morgan fingerprint density at radius 3 is 2.47 bits per heavy atom. The molecule has 8 heteroatoms. The molecule has 7 nitrogen and oxygen atoms in total. The van der Waals surface area contributed by atoms with Crippen LogP contribution in [0.15, 0.2) is 4.47 Å². The molecule has 0 radical (unpaired) electrons. The molecule has 3 N–H and O–H groups in total. The number of urea groups is 1. The molecule has 0 atom stereocenters. The first-order chi connectivity index (χ1) is 8.65. The summed E-state index contributed by atoms with van der Waals surface area (Å²) in [6.45, 7) is 4.93. The molecule has 1 heterocycles. The molecule has 1 aromatic rings. The first-order valence-corrected chi connectivity index (χ1v) is 6.42. The van der Waals surface area contributed by atoms with Crippen LogP contribution in [0.3, 0.4) is 0 Å². The van der Waals surface area contributed by atoms with Crippen molar-refractivity contribution < 1.29 is 14.7 Å². The second kappa shape index (κ2) is 5.60. The van der Waals surface area contributed by atoms with Crippen molar-refractivity contribution in [3.63, 3.8) is 0 Å². The molecule has 0 aliphatic carbocycles. The first kappa shape index (κ1) is 15.5. The highest BCUT2D eigenvalue weighted by Crippen LogP contribution is 2.19. The van der Waals surface area contributed by atoms with Gasteiger partial charge in [0.15, 0.2) is 0 Å². The maximum Gasteiger partial charge on any atom is 0.328 e. The van der Waals surface area contributed by atoms with Crippen LogP contribution >= 0.6 is 15.9 Å². The van der Waals surface area contributed by atoms with Crippen molar-refractivity contribution in [1.29, 1.82) is 0 Å². The Balaban J connectivity index is 2.63. The average molecular weight is 333 g/mol. The number of carboxylic acid groups (broad SMARTS) is 1. The van der Waals surface area contributed by atoms with Crippen molar-refractivity contribution in [2.24, 2.45) is 7.05 Å². The van der Waals surface area contributed by atoms with Gasteiger partial charge in [-0.25, -0.2) is 9.59 Å². The smallest absolute Gasteiger partial charge is 0.328 e. The zero-order valence-corrected chi connectivity index (χ0v) is 12.8. The minimum absolute atomic E-state index is 0.249. The second-order valence-electron chi connectivity index (χ2n) is 4.71. The van der Waals surface area contributed by atoms with Gasteiger partial charge < -0.3 is 15.7 Å². The van der Waals surface area contributed by atoms with Crippen molar-refractivity contribution in [3.8, 4) is 0 Å². The first-order valence-electron chi connectivity index (χ1n) is 5.62. The normalized spacial score (nSPS) is 11.2. The Labute approximate surface area is 119 Å². The summed E-state index contributed by atoms with van der Waals surface area (Å²) in [5.74, 6) is -1.10. The summed E-state index contributed by atoms with van der Waals surface area (Å²) in [6, 6.07) is -0.543. The highest BCUT2D eigenvalue weighted by atomic mass is 79.9. The van der Waals surface area contributed by atoms with Crippen LogP contribution in [-0.4, -0.2) is 32.4 Å². The third-order valence-corrected chi connectivity index (χ3v) is 3.67. The number of nitrogens with zero attached hydrogens (tertiary/aromatic N) is 2. The molecule has 0 fully saturated rings. The van der Waals surface area contributed by atoms with Crippen LogP contribution in [0.4, 0.5) is 4.79 Å². The van der Waals surface area contributed by atoms with Gasteiger partial charge in [-0.1, -0.05) is 0 Å². The third-order valence-electron chi connectivity index (χ3n) is 2.64. The summed E-state index contributed by atoms with van der Waals surface area (Å²) >= 11 is 3.39. The summed E-state index contributed by atoms with van der Waals surface area (Å²) in [5.41, 5.74) is 0.315. The molecular formula is C11H17BrN4O3. The number of nitrogens with one attached hydrogen (secondary N) is 2. The Morgan fingerprint density at radius 1 is 1.47 bits per heavy atom. The molecule has 0 aliphatic rings. The van der Waals surface area contributed by atoms with Crippen molar-refractivity contribution in [1.82, 2.24) is 20.4 Å². The predicted molar refractivity (Wildman–Crippen MR) is 72.7 cm³/mol. The van der Waals surface area contributed by atoms with E-state index in [0.29, 0.717) is 0 Å². The van der Waals surface area contributed by atoms with Crippen LogP contribution in [0.25, 0.3) is 0 Å². The number of hydrogen-bond donors (Lipinski definition) is 3.